The zero-order chi connectivity index (χ0) is 22.9. The summed E-state index contributed by atoms with van der Waals surface area (Å²) in [5, 5.41) is 5.68. The smallest absolute Gasteiger partial charge is 0.405 e. The lowest BCUT2D eigenvalue weighted by atomic mass is 9.91. The number of hydrogen-bond acceptors (Lipinski definition) is 7. The van der Waals surface area contributed by atoms with Crippen molar-refractivity contribution in [2.24, 2.45) is 0 Å². The van der Waals surface area contributed by atoms with Crippen molar-refractivity contribution in [3.05, 3.63) is 36.8 Å². The lowest BCUT2D eigenvalue weighted by molar-refractivity contribution is -0.143. The predicted molar refractivity (Wildman–Crippen MR) is 113 cm³/mol. The van der Waals surface area contributed by atoms with Crippen LogP contribution in [-0.2, 0) is 16.2 Å². The Bertz CT molecular complexity index is 1120. The maximum Gasteiger partial charge on any atom is 0.405 e. The molecule has 0 aromatic carbocycles. The second-order valence-corrected chi connectivity index (χ2v) is 9.02. The van der Waals surface area contributed by atoms with E-state index in [1.165, 1.54) is 16.6 Å². The fourth-order valence-corrected chi connectivity index (χ4v) is 4.55. The Kier molecular flexibility index (Phi) is 5.97. The summed E-state index contributed by atoms with van der Waals surface area (Å²) in [4.78, 5) is 28.7. The maximum atomic E-state index is 12.7. The topological polar surface area (TPSA) is 122 Å². The molecule has 1 saturated heterocycles. The number of nitrogens with one attached hydrogen (secondary N) is 3. The molecule has 1 unspecified atom stereocenters. The summed E-state index contributed by atoms with van der Waals surface area (Å²) in [6.07, 6.45) is 0.297. The van der Waals surface area contributed by atoms with Gasteiger partial charge in [0.05, 0.1) is 13.1 Å². The molecule has 3 N–H and O–H groups in total. The van der Waals surface area contributed by atoms with E-state index in [1.54, 1.807) is 25.4 Å². The third kappa shape index (κ3) is 4.49. The lowest BCUT2D eigenvalue weighted by Gasteiger charge is -2.47. The second-order valence-electron chi connectivity index (χ2n) is 7.28. The van der Waals surface area contributed by atoms with Crippen LogP contribution in [0.4, 0.5) is 19.0 Å². The van der Waals surface area contributed by atoms with Crippen molar-refractivity contribution in [1.82, 2.24) is 29.6 Å². The molecule has 0 bridgehead atoms. The summed E-state index contributed by atoms with van der Waals surface area (Å²) in [5.41, 5.74) is -0.0532. The van der Waals surface area contributed by atoms with Crippen LogP contribution in [0.15, 0.2) is 36.8 Å². The zero-order valence-electron chi connectivity index (χ0n) is 16.9. The average molecular weight is 467 g/mol. The minimum Gasteiger partial charge on any atom is -0.598 e. The predicted octanol–water partition coefficient (Wildman–Crippen LogP) is 1.85. The SMILES string of the molecule is CC[S+]([O-])N1CC(Nc2ccnc(-c3c[nH]c4ncccc34)n2)(C(=O)NCC(F)(F)F)C1. The summed E-state index contributed by atoms with van der Waals surface area (Å²) >= 11 is -1.32. The standard InChI is InChI=1S/C19H20F3N7O2S/c1-2-32(31)29-10-18(11-29,17(30)26-9-19(20,21)22)28-14-5-7-24-16(27-14)13-8-25-15-12(13)4-3-6-23-15/h3-8H,2,9-11H2,1H3,(H,23,25)(H,26,30)(H,24,27,28). The molecule has 1 aliphatic rings. The number of rotatable bonds is 7. The van der Waals surface area contributed by atoms with Crippen LogP contribution in [0, 0.1) is 0 Å². The van der Waals surface area contributed by atoms with Crippen molar-refractivity contribution in [3.63, 3.8) is 0 Å². The third-order valence-corrected chi connectivity index (χ3v) is 6.35. The largest absolute Gasteiger partial charge is 0.598 e. The highest BCUT2D eigenvalue weighted by atomic mass is 32.2. The van der Waals surface area contributed by atoms with Crippen LogP contribution in [0.1, 0.15) is 6.92 Å². The fraction of sp³-hybridized carbons (Fsp3) is 0.368. The van der Waals surface area contributed by atoms with Crippen LogP contribution in [-0.4, -0.2) is 71.8 Å². The molecule has 0 saturated carbocycles. The Hall–Kier alpha value is -2.90. The number of anilines is 1. The number of aromatic amines is 1. The first-order chi connectivity index (χ1) is 15.2. The first-order valence-corrected chi connectivity index (χ1v) is 11.0. The van der Waals surface area contributed by atoms with Gasteiger partial charge >= 0.3 is 6.18 Å². The van der Waals surface area contributed by atoms with Gasteiger partial charge in [-0.3, -0.25) is 4.79 Å². The second kappa shape index (κ2) is 8.56. The van der Waals surface area contributed by atoms with Crippen LogP contribution in [0.5, 0.6) is 0 Å². The molecule has 1 fully saturated rings. The molecule has 3 aromatic heterocycles. The summed E-state index contributed by atoms with van der Waals surface area (Å²) in [5.74, 6) is 0.119. The van der Waals surface area contributed by atoms with E-state index < -0.39 is 35.5 Å². The molecule has 1 aliphatic heterocycles. The van der Waals surface area contributed by atoms with Gasteiger partial charge in [0.15, 0.2) is 11.4 Å². The van der Waals surface area contributed by atoms with Gasteiger partial charge in [0.2, 0.25) is 5.91 Å². The quantitative estimate of drug-likeness (QED) is 0.454. The molecule has 9 nitrogen and oxygen atoms in total. The first-order valence-electron chi connectivity index (χ1n) is 9.73. The number of nitrogens with zero attached hydrogens (tertiary/aromatic N) is 4. The molecular weight excluding hydrogens is 447 g/mol. The Morgan fingerprint density at radius 2 is 2.09 bits per heavy atom. The molecule has 1 amide bonds. The summed E-state index contributed by atoms with van der Waals surface area (Å²) in [6.45, 7) is 0.227. The molecule has 13 heteroatoms. The van der Waals surface area contributed by atoms with Gasteiger partial charge in [-0.1, -0.05) is 0 Å². The number of alkyl halides is 3. The van der Waals surface area contributed by atoms with Crippen molar-refractivity contribution in [2.45, 2.75) is 18.6 Å². The molecule has 4 heterocycles. The first kappa shape index (κ1) is 22.3. The number of hydrogen-bond donors (Lipinski definition) is 3. The highest BCUT2D eigenvalue weighted by Crippen LogP contribution is 2.30. The van der Waals surface area contributed by atoms with Crippen LogP contribution in [0.3, 0.4) is 0 Å². The number of carbonyl (C=O) groups excluding carboxylic acids is 1. The van der Waals surface area contributed by atoms with E-state index in [0.717, 1.165) is 5.39 Å². The monoisotopic (exact) mass is 467 g/mol. The summed E-state index contributed by atoms with van der Waals surface area (Å²) < 4.78 is 51.5. The zero-order valence-corrected chi connectivity index (χ0v) is 17.8. The summed E-state index contributed by atoms with van der Waals surface area (Å²) in [7, 11) is 0. The Balaban J connectivity index is 1.59. The molecule has 4 rings (SSSR count). The molecule has 0 aliphatic carbocycles. The van der Waals surface area contributed by atoms with Crippen molar-refractivity contribution < 1.29 is 22.5 Å². The molecule has 0 radical (unpaired) electrons. The molecule has 1 atom stereocenters. The minimum absolute atomic E-state index is 0.0204. The van der Waals surface area contributed by atoms with E-state index in [1.807, 2.05) is 11.4 Å². The van der Waals surface area contributed by atoms with Crippen molar-refractivity contribution in [2.75, 3.05) is 30.7 Å². The molecule has 0 spiro atoms. The van der Waals surface area contributed by atoms with Gasteiger partial charge in [-0.25, -0.2) is 15.0 Å². The number of carbonyl (C=O) groups is 1. The van der Waals surface area contributed by atoms with E-state index in [-0.39, 0.29) is 18.9 Å². The van der Waals surface area contributed by atoms with Crippen molar-refractivity contribution in [1.29, 1.82) is 0 Å². The summed E-state index contributed by atoms with van der Waals surface area (Å²) in [6, 6.07) is 5.15. The van der Waals surface area contributed by atoms with Gasteiger partial charge in [0.1, 0.15) is 23.8 Å². The normalized spacial score (nSPS) is 17.0. The van der Waals surface area contributed by atoms with Crippen LogP contribution < -0.4 is 10.6 Å². The fourth-order valence-electron chi connectivity index (χ4n) is 3.46. The van der Waals surface area contributed by atoms with Gasteiger partial charge in [0.25, 0.3) is 0 Å². The van der Waals surface area contributed by atoms with Gasteiger partial charge < -0.3 is 20.2 Å². The third-order valence-electron chi connectivity index (χ3n) is 5.03. The van der Waals surface area contributed by atoms with E-state index in [2.05, 4.69) is 25.3 Å². The Morgan fingerprint density at radius 1 is 1.31 bits per heavy atom. The van der Waals surface area contributed by atoms with Gasteiger partial charge in [0, 0.05) is 40.9 Å². The maximum absolute atomic E-state index is 12.7. The number of aromatic nitrogens is 4. The van der Waals surface area contributed by atoms with Gasteiger partial charge in [-0.05, 0) is 25.1 Å². The number of fused-ring (bicyclic) bond motifs is 1. The van der Waals surface area contributed by atoms with Crippen LogP contribution in [0.2, 0.25) is 0 Å². The lowest BCUT2D eigenvalue weighted by Crippen LogP contribution is -2.73. The Labute approximate surface area is 184 Å². The van der Waals surface area contributed by atoms with Crippen LogP contribution >= 0.6 is 0 Å². The minimum atomic E-state index is -4.54. The molecular formula is C19H20F3N7O2S. The highest BCUT2D eigenvalue weighted by Gasteiger charge is 2.54. The molecule has 170 valence electrons. The number of H-pyrrole nitrogens is 1. The van der Waals surface area contributed by atoms with E-state index in [9.17, 15) is 22.5 Å². The number of pyridine rings is 1. The van der Waals surface area contributed by atoms with Crippen molar-refractivity contribution >= 4 is 34.1 Å². The van der Waals surface area contributed by atoms with Crippen LogP contribution in [0.25, 0.3) is 22.4 Å². The van der Waals surface area contributed by atoms with Gasteiger partial charge in [-0.15, -0.1) is 4.31 Å². The van der Waals surface area contributed by atoms with E-state index in [4.69, 9.17) is 0 Å². The van der Waals surface area contributed by atoms with Crippen molar-refractivity contribution in [3.8, 4) is 11.4 Å². The van der Waals surface area contributed by atoms with E-state index >= 15 is 0 Å². The average Bonchev–Trinajstić information content (AvgIpc) is 3.17. The number of halogens is 3. The molecule has 32 heavy (non-hydrogen) atoms. The molecule has 3 aromatic rings. The number of amides is 1. The highest BCUT2D eigenvalue weighted by molar-refractivity contribution is 7.89. The van der Waals surface area contributed by atoms with Gasteiger partial charge in [-0.2, -0.15) is 13.2 Å². The van der Waals surface area contributed by atoms with E-state index in [0.29, 0.717) is 22.8 Å². The Morgan fingerprint density at radius 3 is 2.81 bits per heavy atom.